The Hall–Kier alpha value is -1.62. The fourth-order valence-electron chi connectivity index (χ4n) is 3.30. The Bertz CT molecular complexity index is 476. The molecule has 2 saturated heterocycles. The lowest BCUT2D eigenvalue weighted by molar-refractivity contribution is -0.116. The molecule has 2 N–H and O–H groups in total. The number of aromatic nitrogens is 1. The summed E-state index contributed by atoms with van der Waals surface area (Å²) in [6.45, 7) is 3.27. The van der Waals surface area contributed by atoms with Crippen LogP contribution in [0.25, 0.3) is 0 Å². The molecule has 22 heavy (non-hydrogen) atoms. The van der Waals surface area contributed by atoms with Crippen molar-refractivity contribution in [2.45, 2.75) is 51.0 Å². The molecule has 2 aliphatic heterocycles. The number of amides is 1. The number of pyridine rings is 1. The molecule has 1 atom stereocenters. The summed E-state index contributed by atoms with van der Waals surface area (Å²) in [5.41, 5.74) is 0.796. The molecular weight excluding hydrogens is 276 g/mol. The molecule has 0 aliphatic carbocycles. The fourth-order valence-corrected chi connectivity index (χ4v) is 3.30. The molecule has 0 bridgehead atoms. The van der Waals surface area contributed by atoms with E-state index in [9.17, 15) is 4.79 Å². The summed E-state index contributed by atoms with van der Waals surface area (Å²) >= 11 is 0. The topological polar surface area (TPSA) is 57.3 Å². The van der Waals surface area contributed by atoms with E-state index in [1.807, 2.05) is 12.1 Å². The normalized spacial score (nSPS) is 21.8. The van der Waals surface area contributed by atoms with Crippen LogP contribution in [-0.2, 0) is 4.79 Å². The second-order valence-electron chi connectivity index (χ2n) is 6.33. The molecule has 0 aromatic carbocycles. The van der Waals surface area contributed by atoms with Gasteiger partial charge in [-0.3, -0.25) is 4.79 Å². The fraction of sp³-hybridized carbons (Fsp3) is 0.647. The standard InChI is InChI=1S/C17H26N4O/c22-17(9-7-14-5-4-10-18-14)20-15-6-8-16(19-13-15)21-11-2-1-3-12-21/h6,8,13-14,18H,1-5,7,9-12H2,(H,20,22). The van der Waals surface area contributed by atoms with E-state index in [4.69, 9.17) is 0 Å². The van der Waals surface area contributed by atoms with Crippen molar-refractivity contribution >= 4 is 17.4 Å². The Balaban J connectivity index is 1.46. The highest BCUT2D eigenvalue weighted by atomic mass is 16.1. The van der Waals surface area contributed by atoms with Gasteiger partial charge in [-0.2, -0.15) is 0 Å². The van der Waals surface area contributed by atoms with Crippen molar-refractivity contribution in [2.24, 2.45) is 0 Å². The minimum atomic E-state index is 0.0845. The number of hydrogen-bond acceptors (Lipinski definition) is 4. The zero-order valence-electron chi connectivity index (χ0n) is 13.2. The number of rotatable bonds is 5. The Morgan fingerprint density at radius 2 is 2.14 bits per heavy atom. The van der Waals surface area contributed by atoms with E-state index in [0.717, 1.165) is 37.6 Å². The molecular formula is C17H26N4O. The number of carbonyl (C=O) groups excluding carboxylic acids is 1. The van der Waals surface area contributed by atoms with Crippen LogP contribution in [0.3, 0.4) is 0 Å². The minimum Gasteiger partial charge on any atom is -0.357 e. The molecule has 2 fully saturated rings. The summed E-state index contributed by atoms with van der Waals surface area (Å²) in [7, 11) is 0. The van der Waals surface area contributed by atoms with Crippen molar-refractivity contribution in [3.63, 3.8) is 0 Å². The van der Waals surface area contributed by atoms with Crippen LogP contribution < -0.4 is 15.5 Å². The van der Waals surface area contributed by atoms with E-state index in [-0.39, 0.29) is 5.91 Å². The van der Waals surface area contributed by atoms with Crippen LogP contribution in [0.2, 0.25) is 0 Å². The van der Waals surface area contributed by atoms with E-state index >= 15 is 0 Å². The second-order valence-corrected chi connectivity index (χ2v) is 6.33. The lowest BCUT2D eigenvalue weighted by Crippen LogP contribution is -2.30. The molecule has 0 saturated carbocycles. The first-order valence-electron chi connectivity index (χ1n) is 8.55. The Kier molecular flexibility index (Phi) is 5.27. The average Bonchev–Trinajstić information content (AvgIpc) is 3.08. The number of piperidine rings is 1. The third kappa shape index (κ3) is 4.19. The van der Waals surface area contributed by atoms with Gasteiger partial charge in [0.15, 0.2) is 0 Å². The summed E-state index contributed by atoms with van der Waals surface area (Å²) in [5.74, 6) is 1.11. The highest BCUT2D eigenvalue weighted by Crippen LogP contribution is 2.19. The summed E-state index contributed by atoms with van der Waals surface area (Å²) in [5, 5.41) is 6.37. The quantitative estimate of drug-likeness (QED) is 0.877. The van der Waals surface area contributed by atoms with Gasteiger partial charge in [-0.25, -0.2) is 4.98 Å². The van der Waals surface area contributed by atoms with Gasteiger partial charge in [-0.15, -0.1) is 0 Å². The number of anilines is 2. The average molecular weight is 302 g/mol. The maximum atomic E-state index is 12.0. The van der Waals surface area contributed by atoms with Gasteiger partial charge in [0.05, 0.1) is 11.9 Å². The van der Waals surface area contributed by atoms with E-state index in [2.05, 4.69) is 20.5 Å². The molecule has 0 radical (unpaired) electrons. The molecule has 2 aliphatic rings. The third-order valence-electron chi connectivity index (χ3n) is 4.59. The Labute approximate surface area is 132 Å². The number of hydrogen-bond donors (Lipinski definition) is 2. The zero-order valence-corrected chi connectivity index (χ0v) is 13.2. The smallest absolute Gasteiger partial charge is 0.224 e. The minimum absolute atomic E-state index is 0.0845. The molecule has 5 heteroatoms. The molecule has 3 heterocycles. The first kappa shape index (κ1) is 15.3. The first-order chi connectivity index (χ1) is 10.8. The molecule has 120 valence electrons. The SMILES string of the molecule is O=C(CCC1CCCN1)Nc1ccc(N2CCCCC2)nc1. The van der Waals surface area contributed by atoms with Crippen LogP contribution >= 0.6 is 0 Å². The van der Waals surface area contributed by atoms with Crippen molar-refractivity contribution in [1.29, 1.82) is 0 Å². The maximum Gasteiger partial charge on any atom is 0.224 e. The predicted octanol–water partition coefficient (Wildman–Crippen LogP) is 2.54. The number of carbonyl (C=O) groups is 1. The van der Waals surface area contributed by atoms with Gasteiger partial charge in [0.2, 0.25) is 5.91 Å². The van der Waals surface area contributed by atoms with Crippen molar-refractivity contribution in [3.05, 3.63) is 18.3 Å². The number of nitrogens with zero attached hydrogens (tertiary/aromatic N) is 2. The predicted molar refractivity (Wildman–Crippen MR) is 89.2 cm³/mol. The van der Waals surface area contributed by atoms with Crippen LogP contribution in [0.5, 0.6) is 0 Å². The van der Waals surface area contributed by atoms with Crippen LogP contribution in [-0.4, -0.2) is 36.6 Å². The molecule has 1 aromatic heterocycles. The van der Waals surface area contributed by atoms with E-state index in [0.29, 0.717) is 12.5 Å². The highest BCUT2D eigenvalue weighted by Gasteiger charge is 2.15. The molecule has 0 spiro atoms. The van der Waals surface area contributed by atoms with Crippen molar-refractivity contribution in [2.75, 3.05) is 29.9 Å². The maximum absolute atomic E-state index is 12.0. The summed E-state index contributed by atoms with van der Waals surface area (Å²) < 4.78 is 0. The molecule has 3 rings (SSSR count). The van der Waals surface area contributed by atoms with Crippen molar-refractivity contribution in [3.8, 4) is 0 Å². The van der Waals surface area contributed by atoms with Crippen LogP contribution in [0.15, 0.2) is 18.3 Å². The summed E-state index contributed by atoms with van der Waals surface area (Å²) in [4.78, 5) is 18.8. The van der Waals surface area contributed by atoms with Crippen LogP contribution in [0, 0.1) is 0 Å². The van der Waals surface area contributed by atoms with Gasteiger partial charge in [-0.05, 0) is 57.2 Å². The van der Waals surface area contributed by atoms with Gasteiger partial charge in [0.25, 0.3) is 0 Å². The lowest BCUT2D eigenvalue weighted by atomic mass is 10.1. The third-order valence-corrected chi connectivity index (χ3v) is 4.59. The first-order valence-corrected chi connectivity index (χ1v) is 8.55. The second kappa shape index (κ2) is 7.58. The van der Waals surface area contributed by atoms with Crippen molar-refractivity contribution < 1.29 is 4.79 Å². The highest BCUT2D eigenvalue weighted by molar-refractivity contribution is 5.90. The van der Waals surface area contributed by atoms with Gasteiger partial charge in [0, 0.05) is 25.6 Å². The van der Waals surface area contributed by atoms with Crippen LogP contribution in [0.4, 0.5) is 11.5 Å². The van der Waals surface area contributed by atoms with Gasteiger partial charge >= 0.3 is 0 Å². The summed E-state index contributed by atoms with van der Waals surface area (Å²) in [6, 6.07) is 4.49. The molecule has 5 nitrogen and oxygen atoms in total. The van der Waals surface area contributed by atoms with Crippen molar-refractivity contribution in [1.82, 2.24) is 10.3 Å². The molecule has 1 unspecified atom stereocenters. The van der Waals surface area contributed by atoms with Gasteiger partial charge < -0.3 is 15.5 Å². The largest absolute Gasteiger partial charge is 0.357 e. The number of nitrogens with one attached hydrogen (secondary N) is 2. The lowest BCUT2D eigenvalue weighted by Gasteiger charge is -2.27. The Morgan fingerprint density at radius 3 is 2.82 bits per heavy atom. The molecule has 1 aromatic rings. The van der Waals surface area contributed by atoms with Crippen LogP contribution in [0.1, 0.15) is 44.9 Å². The van der Waals surface area contributed by atoms with E-state index < -0.39 is 0 Å². The molecule has 1 amide bonds. The van der Waals surface area contributed by atoms with Gasteiger partial charge in [0.1, 0.15) is 5.82 Å². The monoisotopic (exact) mass is 302 g/mol. The van der Waals surface area contributed by atoms with Gasteiger partial charge in [-0.1, -0.05) is 0 Å². The van der Waals surface area contributed by atoms with E-state index in [1.165, 1.54) is 32.1 Å². The Morgan fingerprint density at radius 1 is 1.27 bits per heavy atom. The van der Waals surface area contributed by atoms with E-state index in [1.54, 1.807) is 6.20 Å². The zero-order chi connectivity index (χ0) is 15.2. The summed E-state index contributed by atoms with van der Waals surface area (Å²) in [6.07, 6.45) is 9.51.